The molecule has 3 aliphatic rings. The quantitative estimate of drug-likeness (QED) is 0.192. The van der Waals surface area contributed by atoms with Crippen LogP contribution in [0.2, 0.25) is 0 Å². The summed E-state index contributed by atoms with van der Waals surface area (Å²) in [6.45, 7) is 0. The highest BCUT2D eigenvalue weighted by molar-refractivity contribution is 6.13. The number of hydrogen-bond donors (Lipinski definition) is 0. The van der Waals surface area contributed by atoms with Crippen molar-refractivity contribution < 1.29 is 4.74 Å². The first-order valence-corrected chi connectivity index (χ1v) is 17.1. The van der Waals surface area contributed by atoms with Gasteiger partial charge in [-0.2, -0.15) is 0 Å². The van der Waals surface area contributed by atoms with Gasteiger partial charge in [-0.25, -0.2) is 4.99 Å². The van der Waals surface area contributed by atoms with Crippen LogP contribution in [0.25, 0.3) is 22.3 Å². The van der Waals surface area contributed by atoms with E-state index in [2.05, 4.69) is 132 Å². The predicted molar refractivity (Wildman–Crippen MR) is 200 cm³/mol. The van der Waals surface area contributed by atoms with Gasteiger partial charge in [0.15, 0.2) is 5.84 Å². The number of pyridine rings is 1. The van der Waals surface area contributed by atoms with E-state index in [1.165, 1.54) is 27.8 Å². The van der Waals surface area contributed by atoms with Gasteiger partial charge in [-0.15, -0.1) is 0 Å². The molecule has 6 aromatic carbocycles. The second kappa shape index (κ2) is 11.4. The molecule has 1 unspecified atom stereocenters. The van der Waals surface area contributed by atoms with E-state index in [0.717, 1.165) is 56.6 Å². The third kappa shape index (κ3) is 4.28. The topological polar surface area (TPSA) is 46.8 Å². The van der Waals surface area contributed by atoms with Gasteiger partial charge < -0.3 is 4.74 Å². The lowest BCUT2D eigenvalue weighted by molar-refractivity contribution is 0.436. The minimum atomic E-state index is -0.484. The summed E-state index contributed by atoms with van der Waals surface area (Å²) in [6.07, 6.45) is 2.48. The number of nitrogens with zero attached hydrogens (tertiary/aromatic N) is 3. The molecule has 0 bridgehead atoms. The van der Waals surface area contributed by atoms with Crippen molar-refractivity contribution in [1.29, 1.82) is 0 Å². The van der Waals surface area contributed by atoms with Crippen molar-refractivity contribution in [3.05, 3.63) is 209 Å². The fourth-order valence-corrected chi connectivity index (χ4v) is 8.26. The summed E-state index contributed by atoms with van der Waals surface area (Å²) >= 11 is 0. The Morgan fingerprint density at radius 3 is 1.92 bits per heavy atom. The van der Waals surface area contributed by atoms with E-state index in [9.17, 15) is 0 Å². The zero-order valence-corrected chi connectivity index (χ0v) is 27.2. The number of amidine groups is 1. The SMILES string of the molecule is c1ccc(C2=NC(c3ccccc3-c3ccc4c(c3)Oc3ccccc3C43c4ccccc4-c4ccccc43)CC(c3ccccn3)=N2)cc1. The Bertz CT molecular complexity index is 2450. The fraction of sp³-hybridized carbons (Fsp3) is 0.0652. The van der Waals surface area contributed by atoms with Crippen molar-refractivity contribution in [3.8, 4) is 33.8 Å². The van der Waals surface area contributed by atoms with Crippen LogP contribution < -0.4 is 4.74 Å². The molecule has 1 spiro atoms. The molecule has 2 aliphatic heterocycles. The van der Waals surface area contributed by atoms with E-state index in [0.29, 0.717) is 6.42 Å². The lowest BCUT2D eigenvalue weighted by atomic mass is 9.66. The van der Waals surface area contributed by atoms with Crippen LogP contribution in [0, 0.1) is 0 Å². The first-order chi connectivity index (χ1) is 24.8. The van der Waals surface area contributed by atoms with Crippen molar-refractivity contribution >= 4 is 11.5 Å². The number of benzene rings is 6. The van der Waals surface area contributed by atoms with Crippen LogP contribution in [-0.2, 0) is 5.41 Å². The molecule has 0 fully saturated rings. The Hall–Kier alpha value is -6.39. The summed E-state index contributed by atoms with van der Waals surface area (Å²) < 4.78 is 6.84. The van der Waals surface area contributed by atoms with Crippen molar-refractivity contribution in [2.24, 2.45) is 9.98 Å². The number of ether oxygens (including phenoxy) is 1. The molecule has 0 radical (unpaired) electrons. The van der Waals surface area contributed by atoms with Crippen LogP contribution in [0.1, 0.15) is 51.5 Å². The van der Waals surface area contributed by atoms with E-state index < -0.39 is 5.41 Å². The second-order valence-electron chi connectivity index (χ2n) is 13.0. The molecule has 0 saturated carbocycles. The fourth-order valence-electron chi connectivity index (χ4n) is 8.26. The first kappa shape index (κ1) is 28.6. The van der Waals surface area contributed by atoms with E-state index in [-0.39, 0.29) is 6.04 Å². The minimum Gasteiger partial charge on any atom is -0.457 e. The van der Waals surface area contributed by atoms with Crippen molar-refractivity contribution in [2.45, 2.75) is 17.9 Å². The molecule has 1 atom stereocenters. The molecule has 0 N–H and O–H groups in total. The smallest absolute Gasteiger partial charge is 0.155 e. The van der Waals surface area contributed by atoms with E-state index in [1.807, 2.05) is 42.6 Å². The van der Waals surface area contributed by atoms with Gasteiger partial charge in [0.05, 0.1) is 22.9 Å². The third-order valence-electron chi connectivity index (χ3n) is 10.4. The lowest BCUT2D eigenvalue weighted by Gasteiger charge is -2.39. The van der Waals surface area contributed by atoms with Crippen LogP contribution in [0.15, 0.2) is 180 Å². The molecule has 0 amide bonds. The largest absolute Gasteiger partial charge is 0.457 e. The zero-order valence-electron chi connectivity index (χ0n) is 27.2. The van der Waals surface area contributed by atoms with Gasteiger partial charge in [0.2, 0.25) is 0 Å². The summed E-state index contributed by atoms with van der Waals surface area (Å²) in [4.78, 5) is 15.0. The molecule has 236 valence electrons. The molecule has 3 heterocycles. The first-order valence-electron chi connectivity index (χ1n) is 17.1. The summed E-state index contributed by atoms with van der Waals surface area (Å²) in [7, 11) is 0. The number of hydrogen-bond acceptors (Lipinski definition) is 4. The summed E-state index contributed by atoms with van der Waals surface area (Å²) in [5.41, 5.74) is 13.1. The summed E-state index contributed by atoms with van der Waals surface area (Å²) in [5.74, 6) is 2.48. The zero-order chi connectivity index (χ0) is 33.1. The van der Waals surface area contributed by atoms with Crippen LogP contribution in [0.3, 0.4) is 0 Å². The minimum absolute atomic E-state index is 0.145. The lowest BCUT2D eigenvalue weighted by Crippen LogP contribution is -2.32. The van der Waals surface area contributed by atoms with E-state index in [1.54, 1.807) is 0 Å². The van der Waals surface area contributed by atoms with Gasteiger partial charge in [-0.3, -0.25) is 9.98 Å². The molecule has 4 heteroatoms. The second-order valence-corrected chi connectivity index (χ2v) is 13.0. The van der Waals surface area contributed by atoms with Gasteiger partial charge in [0.25, 0.3) is 0 Å². The monoisotopic (exact) mass is 641 g/mol. The van der Waals surface area contributed by atoms with Gasteiger partial charge in [0, 0.05) is 29.3 Å². The predicted octanol–water partition coefficient (Wildman–Crippen LogP) is 10.6. The Kier molecular flexibility index (Phi) is 6.50. The van der Waals surface area contributed by atoms with E-state index >= 15 is 0 Å². The molecule has 1 aromatic heterocycles. The number of fused-ring (bicyclic) bond motifs is 9. The molecule has 7 aromatic rings. The summed E-state index contributed by atoms with van der Waals surface area (Å²) in [5, 5.41) is 0. The molecule has 10 rings (SSSR count). The van der Waals surface area contributed by atoms with Crippen LogP contribution in [-0.4, -0.2) is 16.5 Å². The van der Waals surface area contributed by atoms with E-state index in [4.69, 9.17) is 14.7 Å². The maximum Gasteiger partial charge on any atom is 0.155 e. The highest BCUT2D eigenvalue weighted by Gasteiger charge is 2.50. The normalized spacial score (nSPS) is 16.3. The summed E-state index contributed by atoms with van der Waals surface area (Å²) in [6, 6.07) is 57.7. The highest BCUT2D eigenvalue weighted by Crippen LogP contribution is 2.62. The van der Waals surface area contributed by atoms with Crippen LogP contribution >= 0.6 is 0 Å². The molecular weight excluding hydrogens is 611 g/mol. The van der Waals surface area contributed by atoms with Gasteiger partial charge in [0.1, 0.15) is 11.5 Å². The Morgan fingerprint density at radius 1 is 0.520 bits per heavy atom. The van der Waals surface area contributed by atoms with Crippen LogP contribution in [0.4, 0.5) is 0 Å². The third-order valence-corrected chi connectivity index (χ3v) is 10.4. The molecule has 0 saturated heterocycles. The average Bonchev–Trinajstić information content (AvgIpc) is 3.49. The van der Waals surface area contributed by atoms with Gasteiger partial charge >= 0.3 is 0 Å². The molecular formula is C46H31N3O. The molecule has 50 heavy (non-hydrogen) atoms. The van der Waals surface area contributed by atoms with Crippen molar-refractivity contribution in [3.63, 3.8) is 0 Å². The van der Waals surface area contributed by atoms with Crippen molar-refractivity contribution in [2.75, 3.05) is 0 Å². The Morgan fingerprint density at radius 2 is 1.16 bits per heavy atom. The van der Waals surface area contributed by atoms with Crippen molar-refractivity contribution in [1.82, 2.24) is 4.98 Å². The Balaban J connectivity index is 1.14. The molecule has 1 aliphatic carbocycles. The van der Waals surface area contributed by atoms with Gasteiger partial charge in [-0.05, 0) is 63.2 Å². The molecule has 4 nitrogen and oxygen atoms in total. The number of rotatable bonds is 4. The average molecular weight is 642 g/mol. The number of aliphatic imine (C=N–C) groups is 2. The standard InChI is InChI=1S/C46H31N3O/c1-2-14-30(15-3-1)45-48-41(29-42(49-45)40-23-12-13-27-47-40)35-19-5-4-16-32(35)31-25-26-39-44(28-31)50-43-24-11-10-22-38(43)46(39)36-20-8-6-17-33(36)34-18-7-9-21-37(34)46/h1-28,41H,29H2. The maximum absolute atomic E-state index is 6.84. The number of para-hydroxylation sites is 1. The number of aromatic nitrogens is 1. The van der Waals surface area contributed by atoms with Gasteiger partial charge in [-0.1, -0.05) is 140 Å². The van der Waals surface area contributed by atoms with Crippen LogP contribution in [0.5, 0.6) is 11.5 Å². The highest BCUT2D eigenvalue weighted by atomic mass is 16.5. The maximum atomic E-state index is 6.84. The Labute approximate surface area is 291 Å².